The highest BCUT2D eigenvalue weighted by Crippen LogP contribution is 2.25. The summed E-state index contributed by atoms with van der Waals surface area (Å²) in [5, 5.41) is 19.6. The van der Waals surface area contributed by atoms with Gasteiger partial charge in [0.1, 0.15) is 11.5 Å². The van der Waals surface area contributed by atoms with E-state index in [1.165, 1.54) is 35.0 Å². The lowest BCUT2D eigenvalue weighted by Crippen LogP contribution is -2.37. The Hall–Kier alpha value is -5.36. The van der Waals surface area contributed by atoms with Crippen LogP contribution in [0.3, 0.4) is 0 Å². The molecule has 41 heavy (non-hydrogen) atoms. The number of hydrogen-bond donors (Lipinski definition) is 3. The third kappa shape index (κ3) is 5.97. The number of carbonyl (C=O) groups excluding carboxylic acids is 2. The van der Waals surface area contributed by atoms with Crippen LogP contribution in [0.5, 0.6) is 0 Å². The van der Waals surface area contributed by atoms with Crippen molar-refractivity contribution < 1.29 is 14.0 Å². The van der Waals surface area contributed by atoms with E-state index in [1.54, 1.807) is 38.4 Å². The highest BCUT2D eigenvalue weighted by molar-refractivity contribution is 6.08. The molecule has 0 aliphatic heterocycles. The molecule has 0 radical (unpaired) electrons. The molecule has 1 amide bonds. The first-order valence-corrected chi connectivity index (χ1v) is 12.6. The Bertz CT molecular complexity index is 1770. The molecule has 5 rings (SSSR count). The minimum absolute atomic E-state index is 0.0451. The predicted octanol–water partition coefficient (Wildman–Crippen LogP) is 3.06. The number of aromatic amines is 1. The van der Waals surface area contributed by atoms with Crippen LogP contribution in [-0.4, -0.2) is 55.0 Å². The van der Waals surface area contributed by atoms with Gasteiger partial charge in [-0.25, -0.2) is 4.39 Å². The van der Waals surface area contributed by atoms with Crippen molar-refractivity contribution in [3.05, 3.63) is 112 Å². The molecule has 206 valence electrons. The van der Waals surface area contributed by atoms with E-state index in [1.807, 2.05) is 24.3 Å². The smallest absolute Gasteiger partial charge is 0.275 e. The van der Waals surface area contributed by atoms with E-state index >= 15 is 0 Å². The summed E-state index contributed by atoms with van der Waals surface area (Å²) < 4.78 is 14.9. The average Bonchev–Trinajstić information content (AvgIpc) is 3.54. The normalized spacial score (nSPS) is 11.7. The number of carbonyl (C=O) groups is 2. The maximum absolute atomic E-state index is 13.8. The standard InChI is InChI=1S/C29H25FN8O3/c1-17(31-2)28(40)33-24-10-11-25(20-4-3-5-21(13-20)27-34-36-37-35-27)38(29(24)41)16-18-12-22(15-32-14-18)26(39)19-6-8-23(30)9-7-19/h3-15,17,31H,16H2,1-2H3,(H,33,40)(H,34,35,36,37). The molecule has 12 heteroatoms. The van der Waals surface area contributed by atoms with E-state index in [-0.39, 0.29) is 29.5 Å². The molecule has 0 bridgehead atoms. The van der Waals surface area contributed by atoms with E-state index in [2.05, 4.69) is 36.2 Å². The van der Waals surface area contributed by atoms with Gasteiger partial charge in [-0.2, -0.15) is 5.21 Å². The minimum atomic E-state index is -0.521. The molecule has 0 fully saturated rings. The summed E-state index contributed by atoms with van der Waals surface area (Å²) in [7, 11) is 1.65. The first-order chi connectivity index (χ1) is 19.8. The first kappa shape index (κ1) is 27.2. The SMILES string of the molecule is CNC(C)C(=O)Nc1ccc(-c2cccc(-c3nn[nH]n3)c2)n(Cc2cncc(C(=O)c3ccc(F)cc3)c2)c1=O. The molecule has 1 atom stereocenters. The zero-order chi connectivity index (χ0) is 28.9. The molecule has 2 aromatic carbocycles. The molecule has 0 saturated heterocycles. The van der Waals surface area contributed by atoms with E-state index in [0.29, 0.717) is 33.8 Å². The Morgan fingerprint density at radius 2 is 1.78 bits per heavy atom. The number of likely N-dealkylation sites (N-methyl/N-ethyl adjacent to an activating group) is 1. The fourth-order valence-corrected chi connectivity index (χ4v) is 4.20. The second-order valence-corrected chi connectivity index (χ2v) is 9.26. The molecule has 0 saturated carbocycles. The van der Waals surface area contributed by atoms with Crippen LogP contribution in [-0.2, 0) is 11.3 Å². The lowest BCUT2D eigenvalue weighted by molar-refractivity contribution is -0.117. The van der Waals surface area contributed by atoms with Crippen LogP contribution in [0.15, 0.2) is 83.9 Å². The Balaban J connectivity index is 1.56. The third-order valence-corrected chi connectivity index (χ3v) is 6.52. The number of H-pyrrole nitrogens is 1. The number of benzene rings is 2. The summed E-state index contributed by atoms with van der Waals surface area (Å²) in [6, 6.07) is 16.9. The van der Waals surface area contributed by atoms with Crippen LogP contribution in [0, 0.1) is 5.82 Å². The summed E-state index contributed by atoms with van der Waals surface area (Å²) in [4.78, 5) is 43.6. The maximum Gasteiger partial charge on any atom is 0.275 e. The number of nitrogens with zero attached hydrogens (tertiary/aromatic N) is 5. The van der Waals surface area contributed by atoms with Crippen molar-refractivity contribution in [1.29, 1.82) is 0 Å². The number of nitrogens with one attached hydrogen (secondary N) is 3. The van der Waals surface area contributed by atoms with Gasteiger partial charge in [0.05, 0.1) is 18.3 Å². The number of anilines is 1. The third-order valence-electron chi connectivity index (χ3n) is 6.52. The van der Waals surface area contributed by atoms with Gasteiger partial charge in [0, 0.05) is 29.1 Å². The van der Waals surface area contributed by atoms with Gasteiger partial charge < -0.3 is 15.2 Å². The monoisotopic (exact) mass is 552 g/mol. The molecule has 3 N–H and O–H groups in total. The van der Waals surface area contributed by atoms with Crippen molar-refractivity contribution in [3.8, 4) is 22.6 Å². The van der Waals surface area contributed by atoms with Gasteiger partial charge in [-0.05, 0) is 78.8 Å². The van der Waals surface area contributed by atoms with Crippen molar-refractivity contribution in [3.63, 3.8) is 0 Å². The molecule has 1 unspecified atom stereocenters. The first-order valence-electron chi connectivity index (χ1n) is 12.6. The van der Waals surface area contributed by atoms with E-state index in [4.69, 9.17) is 0 Å². The summed E-state index contributed by atoms with van der Waals surface area (Å²) in [6.07, 6.45) is 2.98. The molecule has 0 spiro atoms. The Labute approximate surface area is 233 Å². The van der Waals surface area contributed by atoms with Crippen molar-refractivity contribution in [2.24, 2.45) is 0 Å². The highest BCUT2D eigenvalue weighted by Gasteiger charge is 2.18. The molecule has 3 aromatic heterocycles. The summed E-state index contributed by atoms with van der Waals surface area (Å²) >= 11 is 0. The van der Waals surface area contributed by atoms with Gasteiger partial charge >= 0.3 is 0 Å². The topological polar surface area (TPSA) is 148 Å². The summed E-state index contributed by atoms with van der Waals surface area (Å²) in [5.41, 5.74) is 2.75. The minimum Gasteiger partial charge on any atom is -0.320 e. The number of pyridine rings is 2. The Morgan fingerprint density at radius 1 is 1.00 bits per heavy atom. The van der Waals surface area contributed by atoms with Gasteiger partial charge in [0.25, 0.3) is 5.56 Å². The summed E-state index contributed by atoms with van der Waals surface area (Å²) in [6.45, 7) is 1.73. The van der Waals surface area contributed by atoms with E-state index < -0.39 is 17.4 Å². The number of tetrazole rings is 1. The lowest BCUT2D eigenvalue weighted by Gasteiger charge is -2.17. The zero-order valence-electron chi connectivity index (χ0n) is 22.1. The van der Waals surface area contributed by atoms with Gasteiger partial charge in [-0.3, -0.25) is 19.4 Å². The number of ketones is 1. The summed E-state index contributed by atoms with van der Waals surface area (Å²) in [5.74, 6) is -0.750. The lowest BCUT2D eigenvalue weighted by atomic mass is 10.0. The number of halogens is 1. The maximum atomic E-state index is 13.8. The van der Waals surface area contributed by atoms with Crippen molar-refractivity contribution >= 4 is 17.4 Å². The number of amides is 1. The molecular formula is C29H25FN8O3. The fraction of sp³-hybridized carbons (Fsp3) is 0.138. The zero-order valence-corrected chi connectivity index (χ0v) is 22.1. The van der Waals surface area contributed by atoms with Crippen LogP contribution >= 0.6 is 0 Å². The van der Waals surface area contributed by atoms with Gasteiger partial charge in [0.2, 0.25) is 11.7 Å². The van der Waals surface area contributed by atoms with Crippen molar-refractivity contribution in [1.82, 2.24) is 35.5 Å². The van der Waals surface area contributed by atoms with Gasteiger partial charge in [-0.1, -0.05) is 18.2 Å². The van der Waals surface area contributed by atoms with Gasteiger partial charge in [0.15, 0.2) is 5.78 Å². The number of aromatic nitrogens is 6. The molecule has 3 heterocycles. The predicted molar refractivity (Wildman–Crippen MR) is 150 cm³/mol. The van der Waals surface area contributed by atoms with E-state index in [0.717, 1.165) is 0 Å². The molecular weight excluding hydrogens is 527 g/mol. The molecule has 11 nitrogen and oxygen atoms in total. The van der Waals surface area contributed by atoms with Crippen LogP contribution in [0.2, 0.25) is 0 Å². The fourth-order valence-electron chi connectivity index (χ4n) is 4.20. The van der Waals surface area contributed by atoms with Crippen LogP contribution in [0.25, 0.3) is 22.6 Å². The van der Waals surface area contributed by atoms with Crippen LogP contribution < -0.4 is 16.2 Å². The second kappa shape index (κ2) is 11.8. The van der Waals surface area contributed by atoms with Crippen molar-refractivity contribution in [2.45, 2.75) is 19.5 Å². The molecule has 0 aliphatic rings. The molecule has 5 aromatic rings. The Kier molecular flexibility index (Phi) is 7.83. The largest absolute Gasteiger partial charge is 0.320 e. The number of hydrogen-bond acceptors (Lipinski definition) is 8. The number of rotatable bonds is 9. The van der Waals surface area contributed by atoms with Gasteiger partial charge in [-0.15, -0.1) is 10.2 Å². The molecule has 0 aliphatic carbocycles. The highest BCUT2D eigenvalue weighted by atomic mass is 19.1. The van der Waals surface area contributed by atoms with Crippen LogP contribution in [0.1, 0.15) is 28.4 Å². The second-order valence-electron chi connectivity index (χ2n) is 9.26. The Morgan fingerprint density at radius 3 is 2.51 bits per heavy atom. The average molecular weight is 553 g/mol. The van der Waals surface area contributed by atoms with Crippen molar-refractivity contribution in [2.75, 3.05) is 12.4 Å². The van der Waals surface area contributed by atoms with E-state index in [9.17, 15) is 18.8 Å². The van der Waals surface area contributed by atoms with Crippen LogP contribution in [0.4, 0.5) is 10.1 Å². The quantitative estimate of drug-likeness (QED) is 0.236.